The summed E-state index contributed by atoms with van der Waals surface area (Å²) in [4.78, 5) is 15.7. The van der Waals surface area contributed by atoms with Gasteiger partial charge in [0.2, 0.25) is 0 Å². The molecular weight excluding hydrogens is 1750 g/mol. The Morgan fingerprint density at radius 2 is 0.312 bits per heavy atom. The summed E-state index contributed by atoms with van der Waals surface area (Å²) in [5, 5.41) is 17.7. The molecule has 9 heteroatoms. The molecule has 0 atom stereocenters. The third-order valence-corrected chi connectivity index (χ3v) is 29.2. The molecule has 21 aromatic carbocycles. The summed E-state index contributed by atoms with van der Waals surface area (Å²) in [5.41, 5.74) is 38.0. The lowest BCUT2D eigenvalue weighted by Crippen LogP contribution is -1.98. The highest BCUT2D eigenvalue weighted by atomic mass is 15.0. The van der Waals surface area contributed by atoms with Crippen molar-refractivity contribution in [2.45, 2.75) is 0 Å². The van der Waals surface area contributed by atoms with Gasteiger partial charge < -0.3 is 27.4 Å². The highest BCUT2D eigenvalue weighted by Crippen LogP contribution is 2.48. The highest BCUT2D eigenvalue weighted by Gasteiger charge is 2.27. The van der Waals surface area contributed by atoms with E-state index >= 15 is 0 Å². The van der Waals surface area contributed by atoms with Crippen molar-refractivity contribution in [1.82, 2.24) is 42.4 Å². The number of pyridine rings is 3. The van der Waals surface area contributed by atoms with Gasteiger partial charge in [0.15, 0.2) is 0 Å². The molecule has 0 saturated heterocycles. The van der Waals surface area contributed by atoms with Crippen molar-refractivity contribution in [3.63, 3.8) is 0 Å². The van der Waals surface area contributed by atoms with Crippen LogP contribution in [0.2, 0.25) is 0 Å². The lowest BCUT2D eigenvalue weighted by molar-refractivity contribution is 1.18. The zero-order valence-corrected chi connectivity index (χ0v) is 78.3. The van der Waals surface area contributed by atoms with E-state index in [9.17, 15) is 0 Å². The van der Waals surface area contributed by atoms with Gasteiger partial charge in [0.05, 0.1) is 82.8 Å². The Morgan fingerprint density at radius 1 is 0.111 bits per heavy atom. The van der Waals surface area contributed by atoms with E-state index in [0.717, 1.165) is 122 Å². The molecule has 0 aliphatic rings. The second-order valence-corrected chi connectivity index (χ2v) is 37.2. The fourth-order valence-electron chi connectivity index (χ4n) is 22.8. The van der Waals surface area contributed by atoms with Crippen LogP contribution in [-0.2, 0) is 0 Å². The van der Waals surface area contributed by atoms with Crippen LogP contribution >= 0.6 is 0 Å². The van der Waals surface area contributed by atoms with E-state index in [1.54, 1.807) is 0 Å². The molecule has 0 fully saturated rings. The van der Waals surface area contributed by atoms with Gasteiger partial charge in [-0.05, 0) is 182 Å². The maximum absolute atomic E-state index is 5.25. The molecule has 144 heavy (non-hydrogen) atoms. The number of nitrogens with zero attached hydrogens (tertiary/aromatic N) is 9. The van der Waals surface area contributed by atoms with Gasteiger partial charge in [-0.2, -0.15) is 0 Å². The minimum atomic E-state index is 1.01. The summed E-state index contributed by atoms with van der Waals surface area (Å²) in [6.07, 6.45) is 6.27. The zero-order valence-electron chi connectivity index (χ0n) is 78.3. The Labute approximate surface area is 829 Å². The van der Waals surface area contributed by atoms with Crippen LogP contribution in [0, 0.1) is 0 Å². The van der Waals surface area contributed by atoms with Crippen LogP contribution in [0.3, 0.4) is 0 Å². The van der Waals surface area contributed by atoms with Gasteiger partial charge in [-0.15, -0.1) is 0 Å². The SMILES string of the molecule is c1ccc(-c2cc(-c3ccccc3)cc(-n3c4ccccc4c4ccc5c(cnc6c7ccccc7n(-c7ccccc7)c56)c43)c2)cc1.c1ccc(-c2ccc(-n3c4ccccc4c4ccc5c(cnc6c7ccccc7n(-c7ccc(-c8ccccc8)cc7)c56)c43)cc2)cc1.c1ccc(-c2cccc(-n3c4ccccc4c4ccc5c(cnc6c7ccccc7n(-c7cccc(-c8ccccc8)c7)c56)c43)c2)cc1. The van der Waals surface area contributed by atoms with Crippen LogP contribution < -0.4 is 0 Å². The third-order valence-electron chi connectivity index (χ3n) is 29.2. The normalized spacial score (nSPS) is 11.8. The lowest BCUT2D eigenvalue weighted by Gasteiger charge is -2.15. The van der Waals surface area contributed by atoms with Crippen molar-refractivity contribution >= 4 is 164 Å². The molecular formula is C135H87N9. The standard InChI is InChI=1S/3C45H29N3/c1-4-14-30(15-5-1)32-26-33(31-16-6-2-7-17-31)28-35(27-32)48-41-22-12-10-20-36(41)37-24-25-38-40(44(37)48)29-46-43-39-21-11-13-23-42(39)47(45(38)43)34-18-8-3-9-19-34;1-3-13-30(14-4-1)32-17-11-19-34(27-32)47-41-23-9-7-21-36(41)37-25-26-38-40(44(37)47)29-46-43-39-22-8-10-24-42(39)48(45(38)43)35-20-12-18-33(28-35)31-15-5-2-6-16-31;1-3-11-30(12-4-1)32-19-23-34(24-20-32)47-41-17-9-7-15-36(41)37-27-28-38-40(44(37)47)29-46-43-39-16-8-10-18-42(39)48(45(38)43)35-25-21-33(22-26-35)31-13-5-2-6-14-31/h3*1-29H. The van der Waals surface area contributed by atoms with E-state index in [2.05, 4.69) is 556 Å². The van der Waals surface area contributed by atoms with E-state index in [0.29, 0.717) is 0 Å². The van der Waals surface area contributed by atoms with Gasteiger partial charge in [-0.3, -0.25) is 15.0 Å². The Balaban J connectivity index is 0.000000105. The molecule has 0 aliphatic carbocycles. The molecule has 0 radical (unpaired) electrons. The first-order valence-corrected chi connectivity index (χ1v) is 49.2. The second kappa shape index (κ2) is 34.4. The van der Waals surface area contributed by atoms with Gasteiger partial charge >= 0.3 is 0 Å². The van der Waals surface area contributed by atoms with E-state index in [1.807, 2.05) is 0 Å². The van der Waals surface area contributed by atoms with E-state index in [-0.39, 0.29) is 0 Å². The number of hydrogen-bond acceptors (Lipinski definition) is 3. The summed E-state index contributed by atoms with van der Waals surface area (Å²) >= 11 is 0. The molecule has 9 nitrogen and oxygen atoms in total. The van der Waals surface area contributed by atoms with Gasteiger partial charge in [-0.1, -0.05) is 394 Å². The van der Waals surface area contributed by atoms with E-state index < -0.39 is 0 Å². The Kier molecular flexibility index (Phi) is 19.8. The van der Waals surface area contributed by atoms with Crippen LogP contribution in [0.15, 0.2) is 528 Å². The van der Waals surface area contributed by atoms with Crippen molar-refractivity contribution in [2.75, 3.05) is 0 Å². The Morgan fingerprint density at radius 3 is 0.632 bits per heavy atom. The molecule has 9 heterocycles. The highest BCUT2D eigenvalue weighted by molar-refractivity contribution is 6.29. The summed E-state index contributed by atoms with van der Waals surface area (Å²) in [6.45, 7) is 0. The van der Waals surface area contributed by atoms with Crippen LogP contribution in [0.25, 0.3) is 264 Å². The summed E-state index contributed by atoms with van der Waals surface area (Å²) in [7, 11) is 0. The predicted octanol–water partition coefficient (Wildman–Crippen LogP) is 35.3. The summed E-state index contributed by atoms with van der Waals surface area (Å²) in [6, 6.07) is 183. The van der Waals surface area contributed by atoms with E-state index in [1.165, 1.54) is 143 Å². The maximum atomic E-state index is 5.25. The number of hydrogen-bond donors (Lipinski definition) is 0. The molecule has 30 aromatic rings. The first-order valence-electron chi connectivity index (χ1n) is 49.2. The molecule has 0 bridgehead atoms. The lowest BCUT2D eigenvalue weighted by atomic mass is 9.98. The van der Waals surface area contributed by atoms with Crippen molar-refractivity contribution < 1.29 is 0 Å². The van der Waals surface area contributed by atoms with Crippen molar-refractivity contribution in [3.05, 3.63) is 528 Å². The largest absolute Gasteiger partial charge is 0.309 e. The third kappa shape index (κ3) is 13.7. The number of benzene rings is 21. The fourth-order valence-corrected chi connectivity index (χ4v) is 22.8. The molecule has 0 N–H and O–H groups in total. The summed E-state index contributed by atoms with van der Waals surface area (Å²) in [5.74, 6) is 0. The number of aromatic nitrogens is 9. The fraction of sp³-hybridized carbons (Fsp3) is 0. The van der Waals surface area contributed by atoms with Gasteiger partial charge in [0.1, 0.15) is 0 Å². The average Bonchev–Trinajstić information content (AvgIpc) is 1.55. The molecule has 0 spiro atoms. The van der Waals surface area contributed by atoms with Crippen molar-refractivity contribution in [3.8, 4) is 101 Å². The van der Waals surface area contributed by atoms with Crippen LogP contribution in [-0.4, -0.2) is 42.4 Å². The van der Waals surface area contributed by atoms with Crippen LogP contribution in [0.4, 0.5) is 0 Å². The quantitative estimate of drug-likeness (QED) is 0.122. The molecule has 9 aromatic heterocycles. The monoisotopic (exact) mass is 1830 g/mol. The molecule has 0 unspecified atom stereocenters. The second-order valence-electron chi connectivity index (χ2n) is 37.2. The summed E-state index contributed by atoms with van der Waals surface area (Å²) < 4.78 is 14.5. The van der Waals surface area contributed by atoms with Gasteiger partial charge in [0, 0.05) is 134 Å². The smallest absolute Gasteiger partial charge is 0.0970 e. The van der Waals surface area contributed by atoms with Gasteiger partial charge in [-0.25, -0.2) is 0 Å². The molecule has 672 valence electrons. The minimum Gasteiger partial charge on any atom is -0.309 e. The number of rotatable bonds is 12. The maximum Gasteiger partial charge on any atom is 0.0970 e. The Hall–Kier alpha value is -19.4. The van der Waals surface area contributed by atoms with Crippen molar-refractivity contribution in [1.29, 1.82) is 0 Å². The topological polar surface area (TPSA) is 68.2 Å². The predicted molar refractivity (Wildman–Crippen MR) is 604 cm³/mol. The van der Waals surface area contributed by atoms with Crippen LogP contribution in [0.5, 0.6) is 0 Å². The molecule has 30 rings (SSSR count). The number of para-hydroxylation sites is 7. The van der Waals surface area contributed by atoms with E-state index in [4.69, 9.17) is 15.0 Å². The van der Waals surface area contributed by atoms with Crippen LogP contribution in [0.1, 0.15) is 0 Å². The molecule has 0 saturated carbocycles. The van der Waals surface area contributed by atoms with Gasteiger partial charge in [0.25, 0.3) is 0 Å². The first-order chi connectivity index (χ1) is 71.5. The molecule has 0 aliphatic heterocycles. The average molecular weight is 1840 g/mol. The van der Waals surface area contributed by atoms with Crippen molar-refractivity contribution in [2.24, 2.45) is 0 Å². The molecule has 0 amide bonds. The number of fused-ring (bicyclic) bond motifs is 27. The minimum absolute atomic E-state index is 1.01. The Bertz CT molecular complexity index is 9840. The first kappa shape index (κ1) is 82.9. The zero-order chi connectivity index (χ0) is 94.8.